The molecule has 1 N–H and O–H groups in total. The summed E-state index contributed by atoms with van der Waals surface area (Å²) >= 11 is 14.0. The van der Waals surface area contributed by atoms with E-state index in [1.165, 1.54) is 16.0 Å². The number of rotatable bonds is 5. The van der Waals surface area contributed by atoms with Gasteiger partial charge in [-0.3, -0.25) is 9.69 Å². The Morgan fingerprint density at radius 2 is 1.88 bits per heavy atom. The summed E-state index contributed by atoms with van der Waals surface area (Å²) < 4.78 is 6.41. The van der Waals surface area contributed by atoms with Gasteiger partial charge in [-0.15, -0.1) is 11.3 Å². The van der Waals surface area contributed by atoms with Crippen molar-refractivity contribution in [2.45, 2.75) is 44.9 Å². The first-order chi connectivity index (χ1) is 16.4. The monoisotopic (exact) mass is 514 g/mol. The van der Waals surface area contributed by atoms with Crippen molar-refractivity contribution in [1.29, 1.82) is 0 Å². The topological polar surface area (TPSA) is 41.6 Å². The summed E-state index contributed by atoms with van der Waals surface area (Å²) in [6.07, 6.45) is 2.69. The van der Waals surface area contributed by atoms with Crippen LogP contribution in [0, 0.1) is 6.92 Å². The Morgan fingerprint density at radius 1 is 1.12 bits per heavy atom. The summed E-state index contributed by atoms with van der Waals surface area (Å²) in [4.78, 5) is 17.3. The molecule has 1 amide bonds. The second-order valence-corrected chi connectivity index (χ2v) is 11.1. The van der Waals surface area contributed by atoms with E-state index in [-0.39, 0.29) is 11.5 Å². The Bertz CT molecular complexity index is 1180. The zero-order valence-electron chi connectivity index (χ0n) is 19.2. The summed E-state index contributed by atoms with van der Waals surface area (Å²) in [5.41, 5.74) is 4.40. The van der Waals surface area contributed by atoms with Crippen LogP contribution in [0.3, 0.4) is 0 Å². The number of hydrogen-bond donors (Lipinski definition) is 1. The van der Waals surface area contributed by atoms with Crippen LogP contribution in [0.15, 0.2) is 48.5 Å². The van der Waals surface area contributed by atoms with E-state index in [4.69, 9.17) is 27.9 Å². The van der Waals surface area contributed by atoms with E-state index in [9.17, 15) is 4.79 Å². The van der Waals surface area contributed by atoms with Gasteiger partial charge in [0.15, 0.2) is 0 Å². The molecule has 2 aliphatic heterocycles. The highest BCUT2D eigenvalue weighted by molar-refractivity contribution is 7.14. The van der Waals surface area contributed by atoms with Crippen molar-refractivity contribution in [3.63, 3.8) is 0 Å². The first-order valence-corrected chi connectivity index (χ1v) is 13.3. The number of ether oxygens (including phenoxy) is 1. The molecule has 5 rings (SSSR count). The molecular formula is C27H28Cl2N2O2S. The normalized spacial score (nSPS) is 17.5. The maximum absolute atomic E-state index is 12.9. The number of carbonyl (C=O) groups is 1. The van der Waals surface area contributed by atoms with Gasteiger partial charge in [0.25, 0.3) is 5.91 Å². The summed E-state index contributed by atoms with van der Waals surface area (Å²) in [6, 6.07) is 16.0. The molecule has 0 aliphatic carbocycles. The van der Waals surface area contributed by atoms with Crippen LogP contribution >= 0.6 is 34.5 Å². The molecule has 3 aromatic rings. The Balaban J connectivity index is 1.25. The molecule has 178 valence electrons. The minimum atomic E-state index is -0.284. The van der Waals surface area contributed by atoms with Gasteiger partial charge in [0.1, 0.15) is 5.60 Å². The maximum Gasteiger partial charge on any atom is 0.261 e. The predicted octanol–water partition coefficient (Wildman–Crippen LogP) is 6.36. The lowest BCUT2D eigenvalue weighted by Gasteiger charge is -2.43. The molecule has 4 nitrogen and oxygen atoms in total. The quantitative estimate of drug-likeness (QED) is 0.430. The summed E-state index contributed by atoms with van der Waals surface area (Å²) in [5.74, 6) is -0.00931. The van der Waals surface area contributed by atoms with Crippen LogP contribution in [0.1, 0.15) is 49.6 Å². The standard InChI is InChI=1S/C27H28Cl2N2O2S/c1-18-2-4-19(5-3-18)16-30-26(32)24-14-20-8-13-33-27(25(20)34-24)9-11-31(12-10-27)17-21-6-7-22(28)15-23(21)29/h2-7,14-15H,8-13,16-17H2,1H3,(H,30,32). The van der Waals surface area contributed by atoms with Crippen molar-refractivity contribution in [2.75, 3.05) is 19.7 Å². The number of hydrogen-bond acceptors (Lipinski definition) is 4. The van der Waals surface area contributed by atoms with Crippen LogP contribution in [0.2, 0.25) is 10.0 Å². The van der Waals surface area contributed by atoms with Crippen LogP contribution in [0.5, 0.6) is 0 Å². The van der Waals surface area contributed by atoms with E-state index in [2.05, 4.69) is 47.5 Å². The van der Waals surface area contributed by atoms with E-state index in [1.54, 1.807) is 17.4 Å². The number of thiophene rings is 1. The third kappa shape index (κ3) is 5.05. The zero-order chi connectivity index (χ0) is 23.7. The molecule has 1 fully saturated rings. The van der Waals surface area contributed by atoms with Crippen LogP contribution in [-0.2, 0) is 29.8 Å². The second-order valence-electron chi connectivity index (χ2n) is 9.24. The SMILES string of the molecule is Cc1ccc(CNC(=O)c2cc3c(s2)C2(CCN(Cc4ccc(Cl)cc4Cl)CC2)OCC3)cc1. The number of aryl methyl sites for hydroxylation is 1. The van der Waals surface area contributed by atoms with Crippen LogP contribution in [0.25, 0.3) is 0 Å². The van der Waals surface area contributed by atoms with Crippen molar-refractivity contribution >= 4 is 40.4 Å². The molecule has 2 aromatic carbocycles. The van der Waals surface area contributed by atoms with Crippen molar-refractivity contribution in [2.24, 2.45) is 0 Å². The fourth-order valence-corrected chi connectivity index (χ4v) is 6.64. The highest BCUT2D eigenvalue weighted by Gasteiger charge is 2.42. The van der Waals surface area contributed by atoms with Gasteiger partial charge in [-0.05, 0) is 61.1 Å². The average molecular weight is 516 g/mol. The fourth-order valence-electron chi connectivity index (χ4n) is 4.84. The Hall–Kier alpha value is -1.89. The first kappa shape index (κ1) is 23.8. The van der Waals surface area contributed by atoms with Crippen molar-refractivity contribution in [1.82, 2.24) is 10.2 Å². The molecule has 0 saturated carbocycles. The van der Waals surface area contributed by atoms with Gasteiger partial charge in [0, 0.05) is 41.1 Å². The summed E-state index contributed by atoms with van der Waals surface area (Å²) in [5, 5.41) is 4.45. The van der Waals surface area contributed by atoms with Gasteiger partial charge in [0.05, 0.1) is 11.5 Å². The molecule has 34 heavy (non-hydrogen) atoms. The molecule has 1 saturated heterocycles. The van der Waals surface area contributed by atoms with Crippen molar-refractivity contribution < 1.29 is 9.53 Å². The number of halogens is 2. The van der Waals surface area contributed by atoms with Crippen LogP contribution < -0.4 is 5.32 Å². The molecular weight excluding hydrogens is 487 g/mol. The summed E-state index contributed by atoms with van der Waals surface area (Å²) in [6.45, 7) is 5.95. The van der Waals surface area contributed by atoms with E-state index < -0.39 is 0 Å². The summed E-state index contributed by atoms with van der Waals surface area (Å²) in [7, 11) is 0. The number of benzene rings is 2. The molecule has 2 aliphatic rings. The van der Waals surface area contributed by atoms with Gasteiger partial charge in [-0.25, -0.2) is 0 Å². The van der Waals surface area contributed by atoms with Gasteiger partial charge < -0.3 is 10.1 Å². The number of nitrogens with one attached hydrogen (secondary N) is 1. The lowest BCUT2D eigenvalue weighted by atomic mass is 9.85. The molecule has 0 atom stereocenters. The molecule has 0 unspecified atom stereocenters. The Kier molecular flexibility index (Phi) is 7.01. The molecule has 7 heteroatoms. The predicted molar refractivity (Wildman–Crippen MR) is 139 cm³/mol. The van der Waals surface area contributed by atoms with Gasteiger partial charge in [0.2, 0.25) is 0 Å². The molecule has 0 bridgehead atoms. The van der Waals surface area contributed by atoms with E-state index >= 15 is 0 Å². The van der Waals surface area contributed by atoms with E-state index in [0.29, 0.717) is 23.2 Å². The second kappa shape index (κ2) is 10.00. The minimum Gasteiger partial charge on any atom is -0.369 e. The minimum absolute atomic E-state index is 0.00931. The Labute approximate surface area is 214 Å². The number of carbonyl (C=O) groups excluding carboxylic acids is 1. The largest absolute Gasteiger partial charge is 0.369 e. The molecule has 3 heterocycles. The Morgan fingerprint density at radius 3 is 2.62 bits per heavy atom. The third-order valence-electron chi connectivity index (χ3n) is 6.84. The molecule has 1 spiro atoms. The zero-order valence-corrected chi connectivity index (χ0v) is 21.5. The van der Waals surface area contributed by atoms with Crippen LogP contribution in [-0.4, -0.2) is 30.5 Å². The average Bonchev–Trinajstić information content (AvgIpc) is 3.28. The number of nitrogens with zero attached hydrogens (tertiary/aromatic N) is 1. The first-order valence-electron chi connectivity index (χ1n) is 11.7. The maximum atomic E-state index is 12.9. The van der Waals surface area contributed by atoms with Crippen LogP contribution in [0.4, 0.5) is 0 Å². The lowest BCUT2D eigenvalue weighted by molar-refractivity contribution is -0.0960. The fraction of sp³-hybridized carbons (Fsp3) is 0.370. The lowest BCUT2D eigenvalue weighted by Crippen LogP contribution is -2.45. The van der Waals surface area contributed by atoms with Gasteiger partial charge in [-0.2, -0.15) is 0 Å². The molecule has 0 radical (unpaired) electrons. The third-order valence-corrected chi connectivity index (χ3v) is 8.79. The number of likely N-dealkylation sites (tertiary alicyclic amines) is 1. The van der Waals surface area contributed by atoms with Gasteiger partial charge in [-0.1, -0.05) is 59.1 Å². The van der Waals surface area contributed by atoms with Crippen molar-refractivity contribution in [3.8, 4) is 0 Å². The number of amides is 1. The van der Waals surface area contributed by atoms with Gasteiger partial charge >= 0.3 is 0 Å². The van der Waals surface area contributed by atoms with E-state index in [0.717, 1.165) is 54.9 Å². The smallest absolute Gasteiger partial charge is 0.261 e. The highest BCUT2D eigenvalue weighted by atomic mass is 35.5. The highest BCUT2D eigenvalue weighted by Crippen LogP contribution is 2.45. The number of fused-ring (bicyclic) bond motifs is 2. The number of piperidine rings is 1. The molecule has 1 aromatic heterocycles. The van der Waals surface area contributed by atoms with E-state index in [1.807, 2.05) is 12.1 Å². The van der Waals surface area contributed by atoms with Crippen molar-refractivity contribution in [3.05, 3.63) is 90.6 Å².